The van der Waals surface area contributed by atoms with Crippen molar-refractivity contribution in [2.24, 2.45) is 5.10 Å². The normalized spacial score (nSPS) is 17.6. The minimum Gasteiger partial charge on any atom is -0.306 e. The zero-order valence-electron chi connectivity index (χ0n) is 17.5. The second-order valence-corrected chi connectivity index (χ2v) is 10.5. The molecule has 0 aromatic heterocycles. The summed E-state index contributed by atoms with van der Waals surface area (Å²) >= 11 is 8.39. The largest absolute Gasteiger partial charge is 0.347 e. The van der Waals surface area contributed by atoms with Gasteiger partial charge in [0.15, 0.2) is 10.5 Å². The summed E-state index contributed by atoms with van der Waals surface area (Å²) in [4.78, 5) is 24.1. The molecule has 2 aromatic carbocycles. The van der Waals surface area contributed by atoms with Crippen molar-refractivity contribution < 1.29 is 14.9 Å². The van der Waals surface area contributed by atoms with Gasteiger partial charge in [-0.15, -0.1) is 11.8 Å². The molecule has 1 unspecified atom stereocenters. The van der Waals surface area contributed by atoms with E-state index in [0.717, 1.165) is 10.5 Å². The van der Waals surface area contributed by atoms with Gasteiger partial charge in [-0.2, -0.15) is 10.2 Å². The smallest absolute Gasteiger partial charge is 0.306 e. The highest BCUT2D eigenvalue weighted by atomic mass is 32.2. The number of nitro benzene ring substituents is 1. The maximum atomic E-state index is 12.7. The van der Waals surface area contributed by atoms with Gasteiger partial charge < -0.3 is 5.32 Å². The van der Waals surface area contributed by atoms with Gasteiger partial charge in [-0.3, -0.25) is 15.3 Å². The van der Waals surface area contributed by atoms with E-state index in [1.807, 2.05) is 44.4 Å². The van der Waals surface area contributed by atoms with E-state index in [1.165, 1.54) is 41.0 Å². The lowest BCUT2D eigenvalue weighted by atomic mass is 10.1. The molecule has 2 amide bonds. The monoisotopic (exact) mass is 491 g/mol. The molecule has 1 fully saturated rings. The lowest BCUT2D eigenvalue weighted by Crippen LogP contribution is -2.54. The first kappa shape index (κ1) is 24.0. The first-order valence-corrected chi connectivity index (χ1v) is 11.8. The molecule has 32 heavy (non-hydrogen) atoms. The zero-order chi connectivity index (χ0) is 23.5. The van der Waals surface area contributed by atoms with E-state index in [0.29, 0.717) is 15.1 Å². The van der Waals surface area contributed by atoms with Gasteiger partial charge in [0.05, 0.1) is 15.9 Å². The third-order valence-electron chi connectivity index (χ3n) is 4.61. The predicted octanol–water partition coefficient (Wildman–Crippen LogP) is 5.01. The minimum atomic E-state index is -0.875. The fourth-order valence-electron chi connectivity index (χ4n) is 3.00. The van der Waals surface area contributed by atoms with Crippen LogP contribution in [0.2, 0.25) is 0 Å². The number of carbonyl (C=O) groups is 1. The number of hydrazone groups is 1. The van der Waals surface area contributed by atoms with Crippen LogP contribution in [0.4, 0.5) is 16.2 Å². The summed E-state index contributed by atoms with van der Waals surface area (Å²) in [6.45, 7) is 3.69. The van der Waals surface area contributed by atoms with Crippen molar-refractivity contribution >= 4 is 63.7 Å². The Balaban J connectivity index is 1.78. The van der Waals surface area contributed by atoms with Gasteiger partial charge in [0, 0.05) is 22.7 Å². The zero-order valence-corrected chi connectivity index (χ0v) is 19.9. The van der Waals surface area contributed by atoms with Crippen molar-refractivity contribution in [3.8, 4) is 0 Å². The van der Waals surface area contributed by atoms with Crippen LogP contribution in [0.25, 0.3) is 0 Å². The fourth-order valence-corrected chi connectivity index (χ4v) is 5.20. The molecule has 1 saturated heterocycles. The number of hydrogen-bond acceptors (Lipinski definition) is 8. The molecule has 0 bridgehead atoms. The summed E-state index contributed by atoms with van der Waals surface area (Å²) in [5.41, 5.74) is 1.04. The summed E-state index contributed by atoms with van der Waals surface area (Å²) in [5, 5.41) is 30.4. The first-order chi connectivity index (χ1) is 15.1. The maximum Gasteiger partial charge on any atom is 0.347 e. The predicted molar refractivity (Wildman–Crippen MR) is 131 cm³/mol. The van der Waals surface area contributed by atoms with Gasteiger partial charge in [-0.05, 0) is 49.9 Å². The van der Waals surface area contributed by atoms with Gasteiger partial charge in [-0.1, -0.05) is 36.1 Å². The summed E-state index contributed by atoms with van der Waals surface area (Å²) in [5.74, 6) is 0. The average Bonchev–Trinajstić information content (AvgIpc) is 2.99. The van der Waals surface area contributed by atoms with Crippen LogP contribution in [0, 0.1) is 10.1 Å². The number of thioether (sulfide) groups is 2. The number of non-ortho nitro benzene ring substituents is 1. The average molecular weight is 492 g/mol. The second-order valence-electron chi connectivity index (χ2n) is 7.29. The molecule has 0 spiro atoms. The molecule has 1 heterocycles. The molecule has 0 saturated carbocycles. The number of nitro groups is 1. The lowest BCUT2D eigenvalue weighted by Gasteiger charge is -2.34. The number of benzene rings is 2. The van der Waals surface area contributed by atoms with E-state index >= 15 is 0 Å². The second kappa shape index (κ2) is 9.86. The highest BCUT2D eigenvalue weighted by Gasteiger charge is 2.50. The minimum absolute atomic E-state index is 0.103. The fraction of sp³-hybridized carbons (Fsp3) is 0.250. The van der Waals surface area contributed by atoms with E-state index in [-0.39, 0.29) is 5.69 Å². The SMILES string of the molecule is CSc1ccc(/C=N/N2C(=S)SC(C)(C)C2N(O)C(=O)Nc2ccc([N+](=O)[O-])cc2)cc1. The molecule has 12 heteroatoms. The van der Waals surface area contributed by atoms with Crippen molar-refractivity contribution in [3.05, 3.63) is 64.2 Å². The number of hydroxylamine groups is 2. The van der Waals surface area contributed by atoms with Crippen molar-refractivity contribution in [3.63, 3.8) is 0 Å². The first-order valence-electron chi connectivity index (χ1n) is 9.36. The molecule has 0 aliphatic carbocycles. The number of nitrogens with one attached hydrogen (secondary N) is 1. The molecule has 168 valence electrons. The van der Waals surface area contributed by atoms with Crippen LogP contribution >= 0.6 is 35.7 Å². The standard InChI is InChI=1S/C20H21N5O4S3/c1-20(2)17(24(27)18(26)22-14-6-8-15(9-7-14)25(28)29)23(19(30)32-20)21-12-13-4-10-16(31-3)11-5-13/h4-12,17,27H,1-3H3,(H,22,26)/b21-12+. The molecule has 1 aliphatic rings. The van der Waals surface area contributed by atoms with Crippen LogP contribution in [-0.4, -0.2) is 53.9 Å². The molecular weight excluding hydrogens is 470 g/mol. The van der Waals surface area contributed by atoms with E-state index in [1.54, 1.807) is 18.0 Å². The van der Waals surface area contributed by atoms with Crippen LogP contribution in [0.5, 0.6) is 0 Å². The number of rotatable bonds is 6. The molecular formula is C20H21N5O4S3. The summed E-state index contributed by atoms with van der Waals surface area (Å²) in [7, 11) is 0. The molecule has 1 atom stereocenters. The van der Waals surface area contributed by atoms with Gasteiger partial charge in [0.2, 0.25) is 0 Å². The number of thiocarbonyl (C=S) groups is 1. The van der Waals surface area contributed by atoms with Crippen LogP contribution in [0.3, 0.4) is 0 Å². The van der Waals surface area contributed by atoms with E-state index in [4.69, 9.17) is 12.2 Å². The lowest BCUT2D eigenvalue weighted by molar-refractivity contribution is -0.384. The van der Waals surface area contributed by atoms with Gasteiger partial charge in [-0.25, -0.2) is 9.80 Å². The van der Waals surface area contributed by atoms with Crippen molar-refractivity contribution in [2.75, 3.05) is 11.6 Å². The molecule has 9 nitrogen and oxygen atoms in total. The molecule has 2 aromatic rings. The number of carbonyl (C=O) groups excluding carboxylic acids is 1. The van der Waals surface area contributed by atoms with E-state index in [2.05, 4.69) is 10.4 Å². The van der Waals surface area contributed by atoms with E-state index in [9.17, 15) is 20.1 Å². The van der Waals surface area contributed by atoms with Crippen LogP contribution < -0.4 is 5.32 Å². The van der Waals surface area contributed by atoms with Crippen molar-refractivity contribution in [1.29, 1.82) is 0 Å². The number of amides is 2. The van der Waals surface area contributed by atoms with E-state index < -0.39 is 21.9 Å². The Morgan fingerprint density at radius 2 is 1.94 bits per heavy atom. The summed E-state index contributed by atoms with van der Waals surface area (Å²) < 4.78 is -0.238. The van der Waals surface area contributed by atoms with Crippen LogP contribution in [0.15, 0.2) is 58.5 Å². The van der Waals surface area contributed by atoms with Crippen molar-refractivity contribution in [1.82, 2.24) is 10.1 Å². The molecule has 2 N–H and O–H groups in total. The van der Waals surface area contributed by atoms with Gasteiger partial charge in [0.1, 0.15) is 0 Å². The highest BCUT2D eigenvalue weighted by molar-refractivity contribution is 8.24. The Labute approximate surface area is 199 Å². The third kappa shape index (κ3) is 5.38. The molecule has 0 radical (unpaired) electrons. The maximum absolute atomic E-state index is 12.7. The Morgan fingerprint density at radius 3 is 2.50 bits per heavy atom. The quantitative estimate of drug-likeness (QED) is 0.145. The molecule has 3 rings (SSSR count). The summed E-state index contributed by atoms with van der Waals surface area (Å²) in [6, 6.07) is 12.3. The number of urea groups is 1. The number of anilines is 1. The third-order valence-corrected chi connectivity index (χ3v) is 6.89. The Kier molecular flexibility index (Phi) is 7.39. The molecule has 1 aliphatic heterocycles. The van der Waals surface area contributed by atoms with Crippen molar-refractivity contribution in [2.45, 2.75) is 29.7 Å². The number of nitrogens with zero attached hydrogens (tertiary/aromatic N) is 4. The Bertz CT molecular complexity index is 1040. The van der Waals surface area contributed by atoms with Gasteiger partial charge >= 0.3 is 6.03 Å². The topological polar surface area (TPSA) is 111 Å². The highest BCUT2D eigenvalue weighted by Crippen LogP contribution is 2.42. The van der Waals surface area contributed by atoms with Gasteiger partial charge in [0.25, 0.3) is 5.69 Å². The Morgan fingerprint density at radius 1 is 1.31 bits per heavy atom. The van der Waals surface area contributed by atoms with Crippen LogP contribution in [0.1, 0.15) is 19.4 Å². The number of hydrogen-bond donors (Lipinski definition) is 2. The summed E-state index contributed by atoms with van der Waals surface area (Å²) in [6.07, 6.45) is 2.74. The van der Waals surface area contributed by atoms with Crippen LogP contribution in [-0.2, 0) is 0 Å². The Hall–Kier alpha value is -2.67.